The van der Waals surface area contributed by atoms with Crippen molar-refractivity contribution in [2.45, 2.75) is 58.8 Å². The van der Waals surface area contributed by atoms with Gasteiger partial charge in [0.1, 0.15) is 0 Å². The Kier molecular flexibility index (Phi) is 20.7. The molecule has 0 radical (unpaired) electrons. The maximum atomic E-state index is 13.7. The van der Waals surface area contributed by atoms with E-state index in [9.17, 15) is 27.6 Å². The molecule has 1 saturated heterocycles. The van der Waals surface area contributed by atoms with Gasteiger partial charge in [-0.3, -0.25) is 19.4 Å². The van der Waals surface area contributed by atoms with E-state index < -0.39 is 17.6 Å². The van der Waals surface area contributed by atoms with Gasteiger partial charge in [0.05, 0.1) is 75.7 Å². The Hall–Kier alpha value is -6.17. The molecule has 0 bridgehead atoms. The minimum Gasteiger partial charge on any atom is -0.379 e. The number of benzene rings is 4. The molecule has 1 atom stereocenters. The molecule has 16 heteroatoms. The molecule has 1 aliphatic heterocycles. The highest BCUT2D eigenvalue weighted by Gasteiger charge is 2.30. The normalized spacial score (nSPS) is 13.8. The van der Waals surface area contributed by atoms with Gasteiger partial charge in [0, 0.05) is 74.5 Å². The van der Waals surface area contributed by atoms with E-state index in [4.69, 9.17) is 18.9 Å². The second kappa shape index (κ2) is 27.3. The summed E-state index contributed by atoms with van der Waals surface area (Å²) >= 11 is 0. The summed E-state index contributed by atoms with van der Waals surface area (Å²) in [6.45, 7) is 13.1. The second-order valence-electron chi connectivity index (χ2n) is 16.9. The van der Waals surface area contributed by atoms with Crippen LogP contribution < -0.4 is 20.9 Å². The first-order valence-electron chi connectivity index (χ1n) is 24.0. The maximum Gasteiger partial charge on any atom is 0.416 e. The van der Waals surface area contributed by atoms with Crippen molar-refractivity contribution in [3.8, 4) is 11.3 Å². The molecule has 1 fully saturated rings. The second-order valence-corrected chi connectivity index (χ2v) is 16.9. The van der Waals surface area contributed by atoms with Gasteiger partial charge in [-0.05, 0) is 105 Å². The molecule has 0 spiro atoms. The van der Waals surface area contributed by atoms with Crippen LogP contribution in [0.5, 0.6) is 0 Å². The summed E-state index contributed by atoms with van der Waals surface area (Å²) in [6, 6.07) is 29.4. The topological polar surface area (TPSA) is 144 Å². The van der Waals surface area contributed by atoms with Gasteiger partial charge in [-0.15, -0.1) is 0 Å². The number of piperazine rings is 1. The summed E-state index contributed by atoms with van der Waals surface area (Å²) in [5.74, 6) is -0.706. The van der Waals surface area contributed by atoms with Gasteiger partial charge in [-0.2, -0.15) is 13.2 Å². The van der Waals surface area contributed by atoms with Crippen molar-refractivity contribution in [2.24, 2.45) is 0 Å². The lowest BCUT2D eigenvalue weighted by atomic mass is 10.0. The number of nitrogens with zero attached hydrogens (tertiary/aromatic N) is 3. The first-order valence-corrected chi connectivity index (χ1v) is 24.0. The van der Waals surface area contributed by atoms with Gasteiger partial charge in [0.15, 0.2) is 0 Å². The Labute approximate surface area is 409 Å². The molecule has 0 saturated carbocycles. The molecule has 1 aliphatic rings. The average molecular weight is 967 g/mol. The molecule has 70 heavy (non-hydrogen) atoms. The Morgan fingerprint density at radius 1 is 0.757 bits per heavy atom. The summed E-state index contributed by atoms with van der Waals surface area (Å²) < 4.78 is 62.5. The molecule has 6 rings (SSSR count). The molecule has 1 aromatic heterocycles. The van der Waals surface area contributed by atoms with Crippen molar-refractivity contribution in [2.75, 3.05) is 95.8 Å². The number of carbonyl (C=O) groups is 3. The predicted molar refractivity (Wildman–Crippen MR) is 265 cm³/mol. The van der Waals surface area contributed by atoms with Gasteiger partial charge >= 0.3 is 6.18 Å². The Morgan fingerprint density at radius 3 is 2.14 bits per heavy atom. The van der Waals surface area contributed by atoms with Crippen LogP contribution in [0.4, 0.5) is 24.5 Å². The molecule has 374 valence electrons. The van der Waals surface area contributed by atoms with E-state index in [-0.39, 0.29) is 30.0 Å². The van der Waals surface area contributed by atoms with E-state index in [1.54, 1.807) is 12.1 Å². The molecular weight excluding hydrogens is 902 g/mol. The van der Waals surface area contributed by atoms with Gasteiger partial charge in [0.25, 0.3) is 11.8 Å². The highest BCUT2D eigenvalue weighted by Crippen LogP contribution is 2.33. The minimum atomic E-state index is -4.49. The highest BCUT2D eigenvalue weighted by atomic mass is 19.4. The fraction of sp³-hybridized carbons (Fsp3) is 0.407. The first kappa shape index (κ1) is 53.2. The third-order valence-electron chi connectivity index (χ3n) is 11.9. The molecule has 3 amide bonds. The third kappa shape index (κ3) is 16.2. The van der Waals surface area contributed by atoms with E-state index in [1.807, 2.05) is 55.1 Å². The maximum absolute atomic E-state index is 13.7. The van der Waals surface area contributed by atoms with Crippen LogP contribution in [0.2, 0.25) is 0 Å². The van der Waals surface area contributed by atoms with E-state index in [2.05, 4.69) is 57.0 Å². The number of aromatic nitrogens is 1. The van der Waals surface area contributed by atoms with Crippen LogP contribution in [0.15, 0.2) is 109 Å². The minimum absolute atomic E-state index is 0.0262. The molecule has 1 unspecified atom stereocenters. The lowest BCUT2D eigenvalue weighted by Gasteiger charge is -2.36. The van der Waals surface area contributed by atoms with Crippen LogP contribution in [0.1, 0.15) is 81.3 Å². The molecule has 0 aliphatic carbocycles. The largest absolute Gasteiger partial charge is 0.416 e. The van der Waals surface area contributed by atoms with Crippen LogP contribution in [0, 0.1) is 6.92 Å². The standard InChI is InChI=1S/C54H65F3N6O7/c1-4-62(5-2)46-18-19-48(47(36-46)49-35-44(20-22-59-49)52(65)60-37-41-10-7-13-45(34-41)54(55,56)57)61-53(66)43-12-6-9-40(33-43)11-8-25-67-27-29-69-31-32-70-30-28-68-26-21-51(64)63-24-23-58-38-50(63)42-16-14-39(3)15-17-42/h6-7,9-10,12-20,22,33-36,50,58H,4-5,8,11,21,23-32,37-38H2,1-3H3,(H,60,65)(H,61,66). The lowest BCUT2D eigenvalue weighted by molar-refractivity contribution is -0.138. The summed E-state index contributed by atoms with van der Waals surface area (Å²) in [5.41, 5.74) is 6.00. The molecule has 13 nitrogen and oxygen atoms in total. The number of hydrogen-bond donors (Lipinski definition) is 3. The fourth-order valence-electron chi connectivity index (χ4n) is 8.09. The van der Waals surface area contributed by atoms with Crippen LogP contribution in [0.25, 0.3) is 11.3 Å². The van der Waals surface area contributed by atoms with Crippen LogP contribution >= 0.6 is 0 Å². The number of halogens is 3. The number of nitrogens with one attached hydrogen (secondary N) is 3. The molecule has 4 aromatic carbocycles. The van der Waals surface area contributed by atoms with Crippen LogP contribution in [0.3, 0.4) is 0 Å². The van der Waals surface area contributed by atoms with Crippen molar-refractivity contribution < 1.29 is 46.5 Å². The number of alkyl halides is 3. The number of aryl methyl sites for hydroxylation is 2. The number of pyridine rings is 1. The van der Waals surface area contributed by atoms with E-state index in [0.717, 1.165) is 61.5 Å². The summed E-state index contributed by atoms with van der Waals surface area (Å²) in [4.78, 5) is 48.7. The summed E-state index contributed by atoms with van der Waals surface area (Å²) in [5, 5.41) is 9.15. The highest BCUT2D eigenvalue weighted by molar-refractivity contribution is 6.06. The predicted octanol–water partition coefficient (Wildman–Crippen LogP) is 8.67. The van der Waals surface area contributed by atoms with Crippen molar-refractivity contribution in [3.63, 3.8) is 0 Å². The quantitative estimate of drug-likeness (QED) is 0.0461. The Morgan fingerprint density at radius 2 is 1.43 bits per heavy atom. The number of amides is 3. The molecule has 3 N–H and O–H groups in total. The van der Waals surface area contributed by atoms with Crippen molar-refractivity contribution in [3.05, 3.63) is 148 Å². The van der Waals surface area contributed by atoms with Crippen LogP contribution in [-0.4, -0.2) is 113 Å². The number of ether oxygens (including phenoxy) is 4. The average Bonchev–Trinajstić information content (AvgIpc) is 3.37. The Balaban J connectivity index is 0.887. The monoisotopic (exact) mass is 966 g/mol. The van der Waals surface area contributed by atoms with E-state index in [0.29, 0.717) is 100 Å². The first-order chi connectivity index (χ1) is 33.9. The fourth-order valence-corrected chi connectivity index (χ4v) is 8.09. The molecule has 5 aromatic rings. The lowest BCUT2D eigenvalue weighted by Crippen LogP contribution is -2.48. The SMILES string of the molecule is CCN(CC)c1ccc(NC(=O)c2cccc(CCCOCCOCCOCCOCCC(=O)N3CCNCC3c3ccc(C)cc3)c2)c(-c2cc(C(=O)NCc3cccc(C(F)(F)F)c3)ccn2)c1. The third-order valence-corrected chi connectivity index (χ3v) is 11.9. The van der Waals surface area contributed by atoms with Crippen molar-refractivity contribution in [1.82, 2.24) is 20.5 Å². The summed E-state index contributed by atoms with van der Waals surface area (Å²) in [6.07, 6.45) is -1.23. The van der Waals surface area contributed by atoms with Gasteiger partial charge in [-0.25, -0.2) is 0 Å². The van der Waals surface area contributed by atoms with Crippen molar-refractivity contribution in [1.29, 1.82) is 0 Å². The number of anilines is 2. The zero-order valence-electron chi connectivity index (χ0n) is 40.3. The zero-order valence-corrected chi connectivity index (χ0v) is 40.3. The smallest absolute Gasteiger partial charge is 0.379 e. The van der Waals surface area contributed by atoms with E-state index in [1.165, 1.54) is 30.0 Å². The van der Waals surface area contributed by atoms with Crippen molar-refractivity contribution >= 4 is 29.1 Å². The van der Waals surface area contributed by atoms with Gasteiger partial charge in [-0.1, -0.05) is 54.1 Å². The molecule has 2 heterocycles. The zero-order chi connectivity index (χ0) is 49.7. The summed E-state index contributed by atoms with van der Waals surface area (Å²) in [7, 11) is 0. The number of hydrogen-bond acceptors (Lipinski definition) is 10. The van der Waals surface area contributed by atoms with Gasteiger partial charge in [0.2, 0.25) is 5.91 Å². The number of rotatable bonds is 26. The Bertz CT molecular complexity index is 2450. The molecular formula is C54H65F3N6O7. The van der Waals surface area contributed by atoms with Crippen LogP contribution in [-0.2, 0) is 42.9 Å². The van der Waals surface area contributed by atoms with Gasteiger partial charge < -0.3 is 44.7 Å². The number of carbonyl (C=O) groups excluding carboxylic acids is 3. The van der Waals surface area contributed by atoms with E-state index >= 15 is 0 Å².